The van der Waals surface area contributed by atoms with Gasteiger partial charge in [-0.15, -0.1) is 11.3 Å². The van der Waals surface area contributed by atoms with Crippen molar-refractivity contribution in [3.8, 4) is 0 Å². The molecule has 19 heavy (non-hydrogen) atoms. The summed E-state index contributed by atoms with van der Waals surface area (Å²) in [5.41, 5.74) is 3.19. The lowest BCUT2D eigenvalue weighted by molar-refractivity contribution is 0.552. The second-order valence-corrected chi connectivity index (χ2v) is 5.66. The Kier molecular flexibility index (Phi) is 3.31. The lowest BCUT2D eigenvalue weighted by atomic mass is 10.2. The molecule has 3 aromatic rings. The summed E-state index contributed by atoms with van der Waals surface area (Å²) in [6, 6.07) is 8.30. The Morgan fingerprint density at radius 1 is 1.32 bits per heavy atom. The molecule has 0 aliphatic rings. The number of fused-ring (bicyclic) bond motifs is 1. The quantitative estimate of drug-likeness (QED) is 0.767. The van der Waals surface area contributed by atoms with Crippen LogP contribution in [0.25, 0.3) is 11.0 Å². The zero-order chi connectivity index (χ0) is 13.2. The van der Waals surface area contributed by atoms with Gasteiger partial charge in [0.25, 0.3) is 0 Å². The Labute approximate surface area is 115 Å². The number of aromatic amines is 1. The van der Waals surface area contributed by atoms with Gasteiger partial charge in [-0.05, 0) is 26.0 Å². The Morgan fingerprint density at radius 2 is 2.16 bits per heavy atom. The number of benzene rings is 1. The average Bonchev–Trinajstić information content (AvgIpc) is 3.01. The van der Waals surface area contributed by atoms with Crippen LogP contribution in [-0.4, -0.2) is 15.0 Å². The van der Waals surface area contributed by atoms with Gasteiger partial charge in [-0.1, -0.05) is 12.1 Å². The van der Waals surface area contributed by atoms with E-state index in [2.05, 4.69) is 32.6 Å². The largest absolute Gasteiger partial charge is 0.341 e. The van der Waals surface area contributed by atoms with Crippen molar-refractivity contribution in [2.24, 2.45) is 0 Å². The van der Waals surface area contributed by atoms with Gasteiger partial charge in [-0.2, -0.15) is 0 Å². The molecule has 4 nitrogen and oxygen atoms in total. The normalized spacial score (nSPS) is 12.9. The fourth-order valence-corrected chi connectivity index (χ4v) is 2.73. The monoisotopic (exact) mass is 272 g/mol. The van der Waals surface area contributed by atoms with Crippen LogP contribution >= 0.6 is 11.3 Å². The summed E-state index contributed by atoms with van der Waals surface area (Å²) < 4.78 is 0. The number of aryl methyl sites for hydroxylation is 1. The van der Waals surface area contributed by atoms with Crippen molar-refractivity contribution in [1.82, 2.24) is 20.3 Å². The summed E-state index contributed by atoms with van der Waals surface area (Å²) in [7, 11) is 0. The highest BCUT2D eigenvalue weighted by atomic mass is 32.1. The zero-order valence-corrected chi connectivity index (χ0v) is 11.8. The SMILES string of the molecule is Cc1nc(C(C)NCc2nc3ccccc3[nH]2)cs1. The molecule has 0 saturated carbocycles. The van der Waals surface area contributed by atoms with E-state index >= 15 is 0 Å². The van der Waals surface area contributed by atoms with Crippen molar-refractivity contribution >= 4 is 22.4 Å². The highest BCUT2D eigenvalue weighted by molar-refractivity contribution is 7.09. The fraction of sp³-hybridized carbons (Fsp3) is 0.286. The molecule has 5 heteroatoms. The molecule has 2 N–H and O–H groups in total. The Bertz CT molecular complexity index is 652. The molecule has 1 unspecified atom stereocenters. The first-order chi connectivity index (χ1) is 9.22. The van der Waals surface area contributed by atoms with Gasteiger partial charge in [-0.3, -0.25) is 0 Å². The number of hydrogen-bond donors (Lipinski definition) is 2. The van der Waals surface area contributed by atoms with E-state index in [0.717, 1.165) is 27.6 Å². The first kappa shape index (κ1) is 12.3. The fourth-order valence-electron chi connectivity index (χ4n) is 2.02. The Morgan fingerprint density at radius 3 is 2.89 bits per heavy atom. The van der Waals surface area contributed by atoms with E-state index in [-0.39, 0.29) is 6.04 Å². The number of imidazole rings is 1. The molecule has 0 aliphatic carbocycles. The van der Waals surface area contributed by atoms with Crippen LogP contribution in [-0.2, 0) is 6.54 Å². The third-order valence-corrected chi connectivity index (χ3v) is 3.89. The highest BCUT2D eigenvalue weighted by Crippen LogP contribution is 2.16. The van der Waals surface area contributed by atoms with Gasteiger partial charge in [0, 0.05) is 11.4 Å². The number of hydrogen-bond acceptors (Lipinski definition) is 4. The van der Waals surface area contributed by atoms with Crippen LogP contribution in [0, 0.1) is 6.92 Å². The third kappa shape index (κ3) is 2.67. The molecule has 0 amide bonds. The van der Waals surface area contributed by atoms with Crippen LogP contribution in [0.3, 0.4) is 0 Å². The minimum atomic E-state index is 0.234. The maximum absolute atomic E-state index is 4.55. The number of H-pyrrole nitrogens is 1. The molecule has 3 rings (SSSR count). The molecule has 1 aromatic carbocycles. The molecule has 1 atom stereocenters. The van der Waals surface area contributed by atoms with Gasteiger partial charge in [0.1, 0.15) is 5.82 Å². The van der Waals surface area contributed by atoms with Crippen LogP contribution in [0.4, 0.5) is 0 Å². The lowest BCUT2D eigenvalue weighted by Gasteiger charge is -2.09. The molecule has 0 fully saturated rings. The minimum absolute atomic E-state index is 0.234. The summed E-state index contributed by atoms with van der Waals surface area (Å²) in [5.74, 6) is 0.958. The summed E-state index contributed by atoms with van der Waals surface area (Å²) in [6.45, 7) is 4.86. The van der Waals surface area contributed by atoms with Gasteiger partial charge in [0.15, 0.2) is 0 Å². The van der Waals surface area contributed by atoms with E-state index < -0.39 is 0 Å². The van der Waals surface area contributed by atoms with Crippen LogP contribution in [0.15, 0.2) is 29.6 Å². The number of para-hydroxylation sites is 2. The second kappa shape index (κ2) is 5.11. The summed E-state index contributed by atoms with van der Waals surface area (Å²) in [4.78, 5) is 12.4. The molecule has 0 spiro atoms. The van der Waals surface area contributed by atoms with Crippen LogP contribution < -0.4 is 5.32 Å². The topological polar surface area (TPSA) is 53.6 Å². The number of rotatable bonds is 4. The van der Waals surface area contributed by atoms with E-state index in [1.165, 1.54) is 0 Å². The Hall–Kier alpha value is -1.72. The van der Waals surface area contributed by atoms with Crippen molar-refractivity contribution < 1.29 is 0 Å². The molecule has 0 radical (unpaired) electrons. The minimum Gasteiger partial charge on any atom is -0.341 e. The average molecular weight is 272 g/mol. The van der Waals surface area contributed by atoms with Gasteiger partial charge in [0.2, 0.25) is 0 Å². The maximum atomic E-state index is 4.55. The van der Waals surface area contributed by atoms with Crippen molar-refractivity contribution in [2.45, 2.75) is 26.4 Å². The Balaban J connectivity index is 1.68. The third-order valence-electron chi connectivity index (χ3n) is 3.09. The lowest BCUT2D eigenvalue weighted by Crippen LogP contribution is -2.19. The molecular weight excluding hydrogens is 256 g/mol. The molecular formula is C14H16N4S. The van der Waals surface area contributed by atoms with Crippen molar-refractivity contribution in [1.29, 1.82) is 0 Å². The molecule has 98 valence electrons. The van der Waals surface area contributed by atoms with Crippen molar-refractivity contribution in [3.63, 3.8) is 0 Å². The van der Waals surface area contributed by atoms with E-state index in [1.807, 2.05) is 31.2 Å². The van der Waals surface area contributed by atoms with Gasteiger partial charge in [-0.25, -0.2) is 9.97 Å². The van der Waals surface area contributed by atoms with E-state index in [0.29, 0.717) is 6.54 Å². The number of thiazole rings is 1. The van der Waals surface area contributed by atoms with Crippen LogP contribution in [0.5, 0.6) is 0 Å². The molecule has 0 saturated heterocycles. The van der Waals surface area contributed by atoms with Crippen LogP contribution in [0.2, 0.25) is 0 Å². The number of nitrogens with zero attached hydrogens (tertiary/aromatic N) is 2. The van der Waals surface area contributed by atoms with Crippen LogP contribution in [0.1, 0.15) is 29.5 Å². The molecule has 0 aliphatic heterocycles. The van der Waals surface area contributed by atoms with Gasteiger partial charge in [0.05, 0.1) is 28.3 Å². The van der Waals surface area contributed by atoms with E-state index in [9.17, 15) is 0 Å². The number of nitrogens with one attached hydrogen (secondary N) is 2. The first-order valence-corrected chi connectivity index (χ1v) is 7.19. The smallest absolute Gasteiger partial charge is 0.121 e. The highest BCUT2D eigenvalue weighted by Gasteiger charge is 2.09. The molecule has 2 heterocycles. The summed E-state index contributed by atoms with van der Waals surface area (Å²) in [6.07, 6.45) is 0. The maximum Gasteiger partial charge on any atom is 0.121 e. The van der Waals surface area contributed by atoms with Gasteiger partial charge >= 0.3 is 0 Å². The zero-order valence-electron chi connectivity index (χ0n) is 11.0. The second-order valence-electron chi connectivity index (χ2n) is 4.59. The first-order valence-electron chi connectivity index (χ1n) is 6.31. The summed E-state index contributed by atoms with van der Waals surface area (Å²) >= 11 is 1.68. The predicted octanol–water partition coefficient (Wildman–Crippen LogP) is 3.18. The summed E-state index contributed by atoms with van der Waals surface area (Å²) in [5, 5.41) is 6.65. The molecule has 2 aromatic heterocycles. The van der Waals surface area contributed by atoms with Crippen molar-refractivity contribution in [2.75, 3.05) is 0 Å². The molecule has 0 bridgehead atoms. The predicted molar refractivity (Wildman–Crippen MR) is 78.2 cm³/mol. The standard InChI is InChI=1S/C14H16N4S/c1-9(13-8-19-10(2)16-13)15-7-14-17-11-5-3-4-6-12(11)18-14/h3-6,8-9,15H,7H2,1-2H3,(H,17,18). The number of aromatic nitrogens is 3. The van der Waals surface area contributed by atoms with E-state index in [1.54, 1.807) is 11.3 Å². The van der Waals surface area contributed by atoms with Gasteiger partial charge < -0.3 is 10.3 Å². The van der Waals surface area contributed by atoms with Crippen molar-refractivity contribution in [3.05, 3.63) is 46.2 Å². The van der Waals surface area contributed by atoms with E-state index in [4.69, 9.17) is 0 Å².